The second-order valence-electron chi connectivity index (χ2n) is 4.77. The average molecular weight is 217 g/mol. The topological polar surface area (TPSA) is 9.23 Å². The standard InChI is InChI=1S/C15H21O/c1-3-11-15(2,14-10-7-12-16-14)13-8-5-4-6-9-13/h4-6,8-9,14H,2-3,7,10-12H2,1H3. The number of rotatable bonds is 4. The Kier molecular flexibility index (Phi) is 3.65. The van der Waals surface area contributed by atoms with E-state index in [1.54, 1.807) is 0 Å². The van der Waals surface area contributed by atoms with Crippen LogP contribution in [0, 0.1) is 6.92 Å². The molecule has 0 aromatic heterocycles. The Morgan fingerprint density at radius 3 is 2.69 bits per heavy atom. The van der Waals surface area contributed by atoms with Crippen LogP contribution in [0.4, 0.5) is 0 Å². The van der Waals surface area contributed by atoms with Gasteiger partial charge in [-0.05, 0) is 31.7 Å². The number of ether oxygens (including phenoxy) is 1. The van der Waals surface area contributed by atoms with E-state index in [1.165, 1.54) is 12.0 Å². The van der Waals surface area contributed by atoms with Gasteiger partial charge in [-0.15, -0.1) is 0 Å². The van der Waals surface area contributed by atoms with Crippen LogP contribution < -0.4 is 0 Å². The highest BCUT2D eigenvalue weighted by Crippen LogP contribution is 2.38. The lowest BCUT2D eigenvalue weighted by molar-refractivity contribution is 0.0563. The summed E-state index contributed by atoms with van der Waals surface area (Å²) >= 11 is 0. The Morgan fingerprint density at radius 1 is 1.38 bits per heavy atom. The van der Waals surface area contributed by atoms with E-state index in [4.69, 9.17) is 4.74 Å². The first-order valence-electron chi connectivity index (χ1n) is 6.30. The van der Waals surface area contributed by atoms with Crippen LogP contribution in [0.25, 0.3) is 0 Å². The molecule has 1 aliphatic rings. The maximum Gasteiger partial charge on any atom is 0.0672 e. The van der Waals surface area contributed by atoms with Crippen LogP contribution >= 0.6 is 0 Å². The molecule has 1 fully saturated rings. The fraction of sp³-hybridized carbons (Fsp3) is 0.533. The molecule has 87 valence electrons. The molecule has 1 nitrogen and oxygen atoms in total. The predicted molar refractivity (Wildman–Crippen MR) is 67.4 cm³/mol. The summed E-state index contributed by atoms with van der Waals surface area (Å²) in [6.07, 6.45) is 4.88. The molecule has 1 aromatic rings. The molecule has 1 aliphatic heterocycles. The van der Waals surface area contributed by atoms with E-state index >= 15 is 0 Å². The Hall–Kier alpha value is -0.820. The largest absolute Gasteiger partial charge is 0.377 e. The zero-order valence-corrected chi connectivity index (χ0v) is 10.1. The van der Waals surface area contributed by atoms with E-state index in [2.05, 4.69) is 44.2 Å². The van der Waals surface area contributed by atoms with Gasteiger partial charge in [0.15, 0.2) is 0 Å². The smallest absolute Gasteiger partial charge is 0.0672 e. The highest BCUT2D eigenvalue weighted by atomic mass is 16.5. The summed E-state index contributed by atoms with van der Waals surface area (Å²) in [5, 5.41) is 0. The molecular weight excluding hydrogens is 196 g/mol. The molecule has 16 heavy (non-hydrogen) atoms. The first kappa shape index (κ1) is 11.7. The minimum Gasteiger partial charge on any atom is -0.377 e. The number of benzene rings is 1. The molecular formula is C15H21O. The average Bonchev–Trinajstić information content (AvgIpc) is 2.84. The molecule has 1 aromatic carbocycles. The van der Waals surface area contributed by atoms with Crippen LogP contribution in [0.2, 0.25) is 0 Å². The first-order valence-corrected chi connectivity index (χ1v) is 6.30. The molecule has 2 unspecified atom stereocenters. The van der Waals surface area contributed by atoms with E-state index < -0.39 is 0 Å². The number of hydrogen-bond donors (Lipinski definition) is 0. The molecule has 0 amide bonds. The Labute approximate surface area is 98.8 Å². The number of hydrogen-bond acceptors (Lipinski definition) is 1. The van der Waals surface area contributed by atoms with Crippen molar-refractivity contribution >= 4 is 0 Å². The quantitative estimate of drug-likeness (QED) is 0.746. The third-order valence-electron chi connectivity index (χ3n) is 3.59. The van der Waals surface area contributed by atoms with E-state index in [0.717, 1.165) is 25.9 Å². The monoisotopic (exact) mass is 217 g/mol. The zero-order valence-electron chi connectivity index (χ0n) is 10.1. The van der Waals surface area contributed by atoms with Crippen molar-refractivity contribution < 1.29 is 4.74 Å². The van der Waals surface area contributed by atoms with Gasteiger partial charge in [0.1, 0.15) is 0 Å². The highest BCUT2D eigenvalue weighted by molar-refractivity contribution is 5.29. The highest BCUT2D eigenvalue weighted by Gasteiger charge is 2.37. The van der Waals surface area contributed by atoms with Crippen molar-refractivity contribution in [1.29, 1.82) is 0 Å². The first-order chi connectivity index (χ1) is 7.77. The fourth-order valence-electron chi connectivity index (χ4n) is 2.72. The molecule has 1 saturated heterocycles. The van der Waals surface area contributed by atoms with E-state index in [-0.39, 0.29) is 5.41 Å². The lowest BCUT2D eigenvalue weighted by Gasteiger charge is -2.35. The van der Waals surface area contributed by atoms with Gasteiger partial charge in [-0.25, -0.2) is 0 Å². The van der Waals surface area contributed by atoms with E-state index in [1.807, 2.05) is 0 Å². The van der Waals surface area contributed by atoms with Gasteiger partial charge in [-0.1, -0.05) is 43.7 Å². The van der Waals surface area contributed by atoms with E-state index in [9.17, 15) is 0 Å². The van der Waals surface area contributed by atoms with Crippen molar-refractivity contribution in [3.8, 4) is 0 Å². The minimum atomic E-state index is -0.0491. The molecule has 1 heteroatoms. The fourth-order valence-corrected chi connectivity index (χ4v) is 2.72. The van der Waals surface area contributed by atoms with Crippen LogP contribution in [0.5, 0.6) is 0 Å². The van der Waals surface area contributed by atoms with Gasteiger partial charge in [0.05, 0.1) is 6.10 Å². The molecule has 2 atom stereocenters. The molecule has 0 N–H and O–H groups in total. The van der Waals surface area contributed by atoms with Crippen LogP contribution in [0.15, 0.2) is 30.3 Å². The van der Waals surface area contributed by atoms with Crippen LogP contribution in [-0.4, -0.2) is 12.7 Å². The van der Waals surface area contributed by atoms with Gasteiger partial charge in [-0.2, -0.15) is 0 Å². The maximum atomic E-state index is 5.86. The summed E-state index contributed by atoms with van der Waals surface area (Å²) in [5.41, 5.74) is 1.27. The molecule has 0 aliphatic carbocycles. The third-order valence-corrected chi connectivity index (χ3v) is 3.59. The lowest BCUT2D eigenvalue weighted by atomic mass is 9.73. The van der Waals surface area contributed by atoms with Crippen LogP contribution in [-0.2, 0) is 10.2 Å². The molecule has 2 rings (SSSR count). The normalized spacial score (nSPS) is 24.2. The minimum absolute atomic E-state index is 0.0491. The summed E-state index contributed by atoms with van der Waals surface area (Å²) in [6.45, 7) is 7.61. The van der Waals surface area contributed by atoms with Crippen molar-refractivity contribution in [3.63, 3.8) is 0 Å². The Morgan fingerprint density at radius 2 is 2.12 bits per heavy atom. The van der Waals surface area contributed by atoms with Crippen molar-refractivity contribution in [2.75, 3.05) is 6.61 Å². The van der Waals surface area contributed by atoms with E-state index in [0.29, 0.717) is 6.10 Å². The zero-order chi connectivity index (χ0) is 11.4. The molecule has 0 saturated carbocycles. The molecule has 1 radical (unpaired) electrons. The third kappa shape index (κ3) is 2.15. The summed E-state index contributed by atoms with van der Waals surface area (Å²) in [5.74, 6) is 0. The second kappa shape index (κ2) is 5.01. The summed E-state index contributed by atoms with van der Waals surface area (Å²) in [4.78, 5) is 0. The van der Waals surface area contributed by atoms with Crippen molar-refractivity contribution in [3.05, 3.63) is 42.8 Å². The van der Waals surface area contributed by atoms with Gasteiger partial charge >= 0.3 is 0 Å². The van der Waals surface area contributed by atoms with Crippen molar-refractivity contribution in [1.82, 2.24) is 0 Å². The summed E-state index contributed by atoms with van der Waals surface area (Å²) < 4.78 is 5.86. The lowest BCUT2D eigenvalue weighted by Crippen LogP contribution is -2.36. The van der Waals surface area contributed by atoms with Gasteiger partial charge < -0.3 is 4.74 Å². The van der Waals surface area contributed by atoms with Gasteiger partial charge in [-0.3, -0.25) is 0 Å². The van der Waals surface area contributed by atoms with Crippen molar-refractivity contribution in [2.45, 2.75) is 44.1 Å². The van der Waals surface area contributed by atoms with Gasteiger partial charge in [0.25, 0.3) is 0 Å². The van der Waals surface area contributed by atoms with Crippen LogP contribution in [0.3, 0.4) is 0 Å². The Bertz CT molecular complexity index is 313. The van der Waals surface area contributed by atoms with Crippen LogP contribution in [0.1, 0.15) is 38.2 Å². The molecule has 1 heterocycles. The predicted octanol–water partition coefficient (Wildman–Crippen LogP) is 3.74. The SMILES string of the molecule is [CH2]C(CCC)(c1ccccc1)C1CCCO1. The maximum absolute atomic E-state index is 5.86. The van der Waals surface area contributed by atoms with Gasteiger partial charge in [0, 0.05) is 12.0 Å². The molecule has 0 bridgehead atoms. The summed E-state index contributed by atoms with van der Waals surface area (Å²) in [7, 11) is 0. The molecule has 0 spiro atoms. The second-order valence-corrected chi connectivity index (χ2v) is 4.77. The van der Waals surface area contributed by atoms with Crippen molar-refractivity contribution in [2.24, 2.45) is 0 Å². The summed E-state index contributed by atoms with van der Waals surface area (Å²) in [6, 6.07) is 10.6. The Balaban J connectivity index is 2.27. The van der Waals surface area contributed by atoms with Gasteiger partial charge in [0.2, 0.25) is 0 Å².